The maximum Gasteiger partial charge on any atom is 0.245 e. The largest absolute Gasteiger partial charge is 0.310 e. The van der Waals surface area contributed by atoms with Crippen LogP contribution in [0.2, 0.25) is 0 Å². The number of hydrogen-bond donors (Lipinski definition) is 1. The molecule has 0 aliphatic carbocycles. The molecule has 0 bridgehead atoms. The molecule has 1 N–H and O–H groups in total. The van der Waals surface area contributed by atoms with Gasteiger partial charge in [0, 0.05) is 12.2 Å². The molecular weight excluding hydrogens is 360 g/mol. The van der Waals surface area contributed by atoms with Crippen LogP contribution in [0.5, 0.6) is 0 Å². The number of hydrogen-bond acceptors (Lipinski definition) is 3. The molecule has 0 saturated carbocycles. The Bertz CT molecular complexity index is 967. The molecule has 2 aromatic rings. The van der Waals surface area contributed by atoms with E-state index in [0.29, 0.717) is 6.54 Å². The summed E-state index contributed by atoms with van der Waals surface area (Å²) in [6.45, 7) is 8.10. The van der Waals surface area contributed by atoms with Crippen LogP contribution in [0.25, 0.3) is 0 Å². The molecule has 6 heteroatoms. The van der Waals surface area contributed by atoms with Crippen LogP contribution >= 0.6 is 0 Å². The summed E-state index contributed by atoms with van der Waals surface area (Å²) < 4.78 is 28.4. The number of nitrogens with one attached hydrogen (secondary N) is 1. The Labute approximate surface area is 161 Å². The fourth-order valence-corrected chi connectivity index (χ4v) is 4.75. The minimum absolute atomic E-state index is 0.174. The van der Waals surface area contributed by atoms with Crippen molar-refractivity contribution in [3.8, 4) is 0 Å². The van der Waals surface area contributed by atoms with Gasteiger partial charge in [-0.25, -0.2) is 8.42 Å². The molecule has 0 unspecified atom stereocenters. The minimum Gasteiger partial charge on any atom is -0.310 e. The topological polar surface area (TPSA) is 66.5 Å². The van der Waals surface area contributed by atoms with Gasteiger partial charge in [-0.05, 0) is 61.1 Å². The van der Waals surface area contributed by atoms with Gasteiger partial charge in [0.2, 0.25) is 15.9 Å². The molecule has 0 aromatic heterocycles. The molecule has 2 aromatic carbocycles. The second-order valence-electron chi connectivity index (χ2n) is 7.46. The number of carbonyl (C=O) groups excluding carboxylic acids is 1. The Hall–Kier alpha value is -2.18. The quantitative estimate of drug-likeness (QED) is 0.858. The molecule has 1 aliphatic heterocycles. The fraction of sp³-hybridized carbons (Fsp3) is 0.381. The van der Waals surface area contributed by atoms with Crippen molar-refractivity contribution in [2.75, 3.05) is 11.4 Å². The van der Waals surface area contributed by atoms with Crippen molar-refractivity contribution < 1.29 is 13.2 Å². The molecule has 3 rings (SSSR count). The van der Waals surface area contributed by atoms with Gasteiger partial charge in [0.1, 0.15) is 6.04 Å². The molecule has 1 aliphatic rings. The summed E-state index contributed by atoms with van der Waals surface area (Å²) >= 11 is 0. The zero-order chi connectivity index (χ0) is 19.8. The summed E-state index contributed by atoms with van der Waals surface area (Å²) in [7, 11) is -3.79. The highest BCUT2D eigenvalue weighted by Gasteiger charge is 2.34. The van der Waals surface area contributed by atoms with Crippen molar-refractivity contribution >= 4 is 21.6 Å². The molecule has 27 heavy (non-hydrogen) atoms. The van der Waals surface area contributed by atoms with Crippen LogP contribution in [0.3, 0.4) is 0 Å². The van der Waals surface area contributed by atoms with Gasteiger partial charge in [-0.15, -0.1) is 0 Å². The molecule has 0 fully saturated rings. The normalized spacial score (nSPS) is 15.1. The van der Waals surface area contributed by atoms with E-state index in [0.717, 1.165) is 28.8 Å². The predicted molar refractivity (Wildman–Crippen MR) is 107 cm³/mol. The van der Waals surface area contributed by atoms with E-state index >= 15 is 0 Å². The van der Waals surface area contributed by atoms with Crippen molar-refractivity contribution in [2.45, 2.75) is 45.1 Å². The lowest BCUT2D eigenvalue weighted by molar-refractivity contribution is -0.121. The van der Waals surface area contributed by atoms with E-state index < -0.39 is 16.1 Å². The van der Waals surface area contributed by atoms with Gasteiger partial charge in [0.15, 0.2) is 0 Å². The Morgan fingerprint density at radius 2 is 1.78 bits per heavy atom. The summed E-state index contributed by atoms with van der Waals surface area (Å²) in [5, 5.41) is 0. The number of carbonyl (C=O) groups is 1. The lowest BCUT2D eigenvalue weighted by Gasteiger charge is -2.27. The first-order chi connectivity index (χ1) is 12.7. The number of amides is 1. The van der Waals surface area contributed by atoms with E-state index in [4.69, 9.17) is 0 Å². The number of sulfonamides is 1. The summed E-state index contributed by atoms with van der Waals surface area (Å²) in [6.07, 6.45) is 0.788. The number of para-hydroxylation sites is 1. The molecule has 1 atom stereocenters. The van der Waals surface area contributed by atoms with Crippen LogP contribution in [0, 0.1) is 19.8 Å². The lowest BCUT2D eigenvalue weighted by Crippen LogP contribution is -2.51. The van der Waals surface area contributed by atoms with Crippen molar-refractivity contribution in [2.24, 2.45) is 5.92 Å². The summed E-state index contributed by atoms with van der Waals surface area (Å²) in [6, 6.07) is 12.0. The zero-order valence-corrected chi connectivity index (χ0v) is 17.0. The average Bonchev–Trinajstić information content (AvgIpc) is 3.05. The minimum atomic E-state index is -3.79. The molecule has 1 heterocycles. The molecule has 0 radical (unpaired) electrons. The highest BCUT2D eigenvalue weighted by Crippen LogP contribution is 2.29. The molecule has 0 spiro atoms. The zero-order valence-electron chi connectivity index (χ0n) is 16.2. The third-order valence-electron chi connectivity index (χ3n) is 5.16. The van der Waals surface area contributed by atoms with Crippen LogP contribution in [0.4, 0.5) is 5.69 Å². The fourth-order valence-electron chi connectivity index (χ4n) is 3.32. The number of anilines is 1. The number of rotatable bonds is 5. The third-order valence-corrected chi connectivity index (χ3v) is 6.60. The van der Waals surface area contributed by atoms with Gasteiger partial charge in [-0.1, -0.05) is 38.1 Å². The SMILES string of the molecule is Cc1ccc(S(=O)(=O)N[C@H](C(=O)N2CCc3ccccc32)C(C)C)cc1C. The van der Waals surface area contributed by atoms with Crippen LogP contribution in [-0.2, 0) is 21.2 Å². The van der Waals surface area contributed by atoms with Gasteiger partial charge < -0.3 is 4.90 Å². The third kappa shape index (κ3) is 3.92. The van der Waals surface area contributed by atoms with E-state index in [1.165, 1.54) is 0 Å². The van der Waals surface area contributed by atoms with Crippen LogP contribution < -0.4 is 9.62 Å². The van der Waals surface area contributed by atoms with Gasteiger partial charge in [-0.2, -0.15) is 4.72 Å². The van der Waals surface area contributed by atoms with E-state index in [-0.39, 0.29) is 16.7 Å². The monoisotopic (exact) mass is 386 g/mol. The maximum atomic E-state index is 13.2. The van der Waals surface area contributed by atoms with Crippen molar-refractivity contribution in [3.63, 3.8) is 0 Å². The Morgan fingerprint density at radius 3 is 2.44 bits per heavy atom. The van der Waals surface area contributed by atoms with Gasteiger partial charge in [0.25, 0.3) is 0 Å². The first kappa shape index (κ1) is 19.6. The molecule has 1 amide bonds. The Morgan fingerprint density at radius 1 is 1.07 bits per heavy atom. The highest BCUT2D eigenvalue weighted by molar-refractivity contribution is 7.89. The number of benzene rings is 2. The molecule has 144 valence electrons. The number of nitrogens with zero attached hydrogens (tertiary/aromatic N) is 1. The maximum absolute atomic E-state index is 13.2. The molecule has 0 saturated heterocycles. The summed E-state index contributed by atoms with van der Waals surface area (Å²) in [5.41, 5.74) is 3.92. The summed E-state index contributed by atoms with van der Waals surface area (Å²) in [5.74, 6) is -0.381. The van der Waals surface area contributed by atoms with Gasteiger partial charge in [0.05, 0.1) is 4.90 Å². The van der Waals surface area contributed by atoms with Gasteiger partial charge in [-0.3, -0.25) is 4.79 Å². The molecule has 5 nitrogen and oxygen atoms in total. The van der Waals surface area contributed by atoms with Crippen molar-refractivity contribution in [1.82, 2.24) is 4.72 Å². The summed E-state index contributed by atoms with van der Waals surface area (Å²) in [4.78, 5) is 15.1. The standard InChI is InChI=1S/C21H26N2O3S/c1-14(2)20(21(24)23-12-11-17-7-5-6-8-19(17)23)22-27(25,26)18-10-9-15(3)16(4)13-18/h5-10,13-14,20,22H,11-12H2,1-4H3/t20-/m0/s1. The lowest BCUT2D eigenvalue weighted by atomic mass is 10.0. The first-order valence-electron chi connectivity index (χ1n) is 9.19. The van der Waals surface area contributed by atoms with Gasteiger partial charge >= 0.3 is 0 Å². The smallest absolute Gasteiger partial charge is 0.245 e. The first-order valence-corrected chi connectivity index (χ1v) is 10.7. The van der Waals surface area contributed by atoms with E-state index in [1.807, 2.05) is 52.0 Å². The Balaban J connectivity index is 1.88. The molecular formula is C21H26N2O3S. The van der Waals surface area contributed by atoms with Crippen molar-refractivity contribution in [3.05, 3.63) is 59.2 Å². The van der Waals surface area contributed by atoms with E-state index in [2.05, 4.69) is 4.72 Å². The predicted octanol–water partition coefficient (Wildman–Crippen LogP) is 3.20. The van der Waals surface area contributed by atoms with Crippen LogP contribution in [0.1, 0.15) is 30.5 Å². The van der Waals surface area contributed by atoms with E-state index in [1.54, 1.807) is 23.1 Å². The Kier molecular flexibility index (Phi) is 5.40. The van der Waals surface area contributed by atoms with Crippen LogP contribution in [0.15, 0.2) is 47.4 Å². The second kappa shape index (κ2) is 7.44. The van der Waals surface area contributed by atoms with E-state index in [9.17, 15) is 13.2 Å². The number of aryl methyl sites for hydroxylation is 2. The van der Waals surface area contributed by atoms with Crippen LogP contribution in [-0.4, -0.2) is 26.9 Å². The highest BCUT2D eigenvalue weighted by atomic mass is 32.2. The second-order valence-corrected chi connectivity index (χ2v) is 9.17. The van der Waals surface area contributed by atoms with Crippen molar-refractivity contribution in [1.29, 1.82) is 0 Å². The number of fused-ring (bicyclic) bond motifs is 1. The average molecular weight is 387 g/mol.